The summed E-state index contributed by atoms with van der Waals surface area (Å²) in [6.45, 7) is 27.6. The largest absolute Gasteiger partial charge is 0.444 e. The number of rotatable bonds is 15. The van der Waals surface area contributed by atoms with E-state index >= 15 is 0 Å². The summed E-state index contributed by atoms with van der Waals surface area (Å²) in [7, 11) is 0. The topological polar surface area (TPSA) is 199 Å². The Morgan fingerprint density at radius 3 is 1.45 bits per heavy atom. The van der Waals surface area contributed by atoms with Crippen LogP contribution >= 0.6 is 0 Å². The lowest BCUT2D eigenvalue weighted by Gasteiger charge is -2.34. The van der Waals surface area contributed by atoms with Gasteiger partial charge in [0.15, 0.2) is 0 Å². The Balaban J connectivity index is 3.29. The fourth-order valence-electron chi connectivity index (χ4n) is 5.49. The molecule has 0 unspecified atom stereocenters. The van der Waals surface area contributed by atoms with Gasteiger partial charge in [-0.2, -0.15) is 4.99 Å². The highest BCUT2D eigenvalue weighted by molar-refractivity contribution is 6.05. The van der Waals surface area contributed by atoms with Gasteiger partial charge in [0.25, 0.3) is 0 Å². The van der Waals surface area contributed by atoms with Gasteiger partial charge in [-0.05, 0) is 141 Å². The molecule has 0 radical (unpaired) electrons. The third kappa shape index (κ3) is 27.0. The van der Waals surface area contributed by atoms with E-state index in [1.165, 1.54) is 9.80 Å². The minimum atomic E-state index is -0.998. The number of aliphatic imine (C=N–C) groups is 2. The van der Waals surface area contributed by atoms with Crippen LogP contribution in [0.3, 0.4) is 0 Å². The van der Waals surface area contributed by atoms with Gasteiger partial charge < -0.3 is 29.1 Å². The van der Waals surface area contributed by atoms with Crippen LogP contribution in [0.15, 0.2) is 40.3 Å². The standard InChI is InChI=1S/C48H78N6O10/c1-34(49)36-30-28-35(29-31-36)26-23-25-33-54(43(59)64-48(14,15)16)38(52-41(57)62-46(8,9)10)53(42(58)63-47(11,12)13)32-24-21-19-17-18-20-22-27-37(50-39(55)60-44(2,3)4)51-40(56)61-45(5,6)7/h23,26,28-31,49H,17-22,24-25,27,32-33H2,1-16H3,(H,50,51,55,56). The van der Waals surface area contributed by atoms with E-state index < -0.39 is 58.5 Å². The molecule has 16 nitrogen and oxygen atoms in total. The summed E-state index contributed by atoms with van der Waals surface area (Å²) in [4.78, 5) is 76.9. The number of unbranched alkanes of at least 4 members (excludes halogenated alkanes) is 6. The summed E-state index contributed by atoms with van der Waals surface area (Å²) in [5, 5.41) is 10.5. The maximum absolute atomic E-state index is 14.0. The number of carbonyl (C=O) groups excluding carboxylic acids is 5. The smallest absolute Gasteiger partial charge is 0.437 e. The van der Waals surface area contributed by atoms with Gasteiger partial charge in [0.05, 0.1) is 0 Å². The van der Waals surface area contributed by atoms with Crippen molar-refractivity contribution in [2.24, 2.45) is 9.98 Å². The van der Waals surface area contributed by atoms with Crippen LogP contribution in [0.2, 0.25) is 0 Å². The number of nitrogens with zero attached hydrogens (tertiary/aromatic N) is 4. The Bertz CT molecular complexity index is 1800. The van der Waals surface area contributed by atoms with Crippen molar-refractivity contribution in [2.75, 3.05) is 13.1 Å². The molecule has 0 aliphatic rings. The Labute approximate surface area is 382 Å². The van der Waals surface area contributed by atoms with Crippen molar-refractivity contribution in [3.8, 4) is 0 Å². The second-order valence-corrected chi connectivity index (χ2v) is 20.5. The average Bonchev–Trinajstić information content (AvgIpc) is 3.08. The van der Waals surface area contributed by atoms with Crippen LogP contribution in [-0.4, -0.2) is 98.9 Å². The molecule has 0 aromatic heterocycles. The van der Waals surface area contributed by atoms with Gasteiger partial charge in [-0.25, -0.2) is 33.8 Å². The third-order valence-corrected chi connectivity index (χ3v) is 8.03. The number of alkyl carbamates (subject to hydrolysis) is 1. The number of amides is 5. The third-order valence-electron chi connectivity index (χ3n) is 8.03. The number of amidine groups is 1. The van der Waals surface area contributed by atoms with E-state index in [1.807, 2.05) is 36.4 Å². The lowest BCUT2D eigenvalue weighted by Crippen LogP contribution is -2.53. The zero-order chi connectivity index (χ0) is 49.1. The molecule has 0 bridgehead atoms. The summed E-state index contributed by atoms with van der Waals surface area (Å²) >= 11 is 0. The first-order chi connectivity index (χ1) is 29.2. The highest BCUT2D eigenvalue weighted by Gasteiger charge is 2.35. The normalized spacial score (nSPS) is 12.9. The molecule has 0 spiro atoms. The van der Waals surface area contributed by atoms with Crippen molar-refractivity contribution < 1.29 is 47.7 Å². The summed E-state index contributed by atoms with van der Waals surface area (Å²) in [5.74, 6) is -0.114. The first-order valence-electron chi connectivity index (χ1n) is 22.2. The summed E-state index contributed by atoms with van der Waals surface area (Å²) in [5.41, 5.74) is -2.10. The van der Waals surface area contributed by atoms with Crippen LogP contribution in [0.4, 0.5) is 24.0 Å². The predicted molar refractivity (Wildman–Crippen MR) is 252 cm³/mol. The number of hydrogen-bond acceptors (Lipinski definition) is 11. The fourth-order valence-corrected chi connectivity index (χ4v) is 5.49. The lowest BCUT2D eigenvalue weighted by molar-refractivity contribution is 0.0273. The molecular formula is C48H78N6O10. The molecule has 1 aromatic rings. The van der Waals surface area contributed by atoms with E-state index in [9.17, 15) is 24.0 Å². The van der Waals surface area contributed by atoms with E-state index in [0.717, 1.165) is 36.8 Å². The van der Waals surface area contributed by atoms with E-state index in [-0.39, 0.29) is 24.9 Å². The maximum Gasteiger partial charge on any atom is 0.437 e. The van der Waals surface area contributed by atoms with E-state index in [2.05, 4.69) is 15.3 Å². The molecule has 64 heavy (non-hydrogen) atoms. The predicted octanol–water partition coefficient (Wildman–Crippen LogP) is 12.2. The van der Waals surface area contributed by atoms with Gasteiger partial charge in [0, 0.05) is 25.2 Å². The average molecular weight is 899 g/mol. The quantitative estimate of drug-likeness (QED) is 0.0739. The molecule has 16 heteroatoms. The molecule has 0 saturated carbocycles. The second kappa shape index (κ2) is 25.3. The van der Waals surface area contributed by atoms with Crippen molar-refractivity contribution in [2.45, 2.75) is 197 Å². The molecule has 0 fully saturated rings. The molecule has 1 aromatic carbocycles. The van der Waals surface area contributed by atoms with Gasteiger partial charge in [-0.3, -0.25) is 5.32 Å². The molecule has 2 N–H and O–H groups in total. The number of carbonyl (C=O) groups is 5. The molecule has 0 saturated heterocycles. The van der Waals surface area contributed by atoms with Gasteiger partial charge in [0.1, 0.15) is 33.8 Å². The van der Waals surface area contributed by atoms with Gasteiger partial charge in [-0.15, -0.1) is 4.99 Å². The van der Waals surface area contributed by atoms with Crippen molar-refractivity contribution in [1.82, 2.24) is 15.1 Å². The van der Waals surface area contributed by atoms with Crippen LogP contribution in [0.1, 0.15) is 180 Å². The monoisotopic (exact) mass is 899 g/mol. The summed E-state index contributed by atoms with van der Waals surface area (Å²) < 4.78 is 27.8. The number of nitrogens with one attached hydrogen (secondary N) is 2. The van der Waals surface area contributed by atoms with Crippen molar-refractivity contribution in [3.05, 3.63) is 41.5 Å². The first kappa shape index (κ1) is 56.7. The number of ether oxygens (including phenoxy) is 5. The van der Waals surface area contributed by atoms with Gasteiger partial charge in [-0.1, -0.05) is 68.5 Å². The van der Waals surface area contributed by atoms with Gasteiger partial charge >= 0.3 is 30.5 Å². The zero-order valence-corrected chi connectivity index (χ0v) is 41.6. The van der Waals surface area contributed by atoms with Crippen LogP contribution < -0.4 is 5.32 Å². The van der Waals surface area contributed by atoms with Crippen molar-refractivity contribution in [1.29, 1.82) is 5.41 Å². The van der Waals surface area contributed by atoms with Crippen molar-refractivity contribution >= 4 is 54.0 Å². The Morgan fingerprint density at radius 1 is 0.578 bits per heavy atom. The van der Waals surface area contributed by atoms with E-state index in [1.54, 1.807) is 111 Å². The van der Waals surface area contributed by atoms with Crippen molar-refractivity contribution in [3.63, 3.8) is 0 Å². The number of guanidine groups is 1. The Hall–Kier alpha value is -5.28. The Kier molecular flexibility index (Phi) is 22.4. The molecule has 5 amide bonds. The van der Waals surface area contributed by atoms with E-state index in [0.29, 0.717) is 37.8 Å². The van der Waals surface area contributed by atoms with E-state index in [4.69, 9.17) is 29.1 Å². The first-order valence-corrected chi connectivity index (χ1v) is 22.2. The van der Waals surface area contributed by atoms with Crippen LogP contribution in [0.25, 0.3) is 6.08 Å². The summed E-state index contributed by atoms with van der Waals surface area (Å²) in [6, 6.07) is 7.49. The SMILES string of the molecule is CC(=N)c1ccc(C=CCCN(C(=O)OC(C)(C)C)C(=NC(=O)OC(C)(C)C)N(CCCCCCCCCC(=NC(=O)OC(C)(C)C)NC(=O)OC(C)(C)C)C(=O)OC(C)(C)C)cc1. The van der Waals surface area contributed by atoms with Crippen LogP contribution in [0, 0.1) is 5.41 Å². The molecule has 0 atom stereocenters. The number of hydrogen-bond donors (Lipinski definition) is 2. The molecule has 360 valence electrons. The number of benzene rings is 1. The fraction of sp³-hybridized carbons (Fsp3) is 0.667. The summed E-state index contributed by atoms with van der Waals surface area (Å²) in [6.07, 6.45) is 5.33. The van der Waals surface area contributed by atoms with Crippen LogP contribution in [0.5, 0.6) is 0 Å². The molecule has 0 aliphatic heterocycles. The lowest BCUT2D eigenvalue weighted by atomic mass is 10.1. The van der Waals surface area contributed by atoms with Crippen LogP contribution in [-0.2, 0) is 23.7 Å². The minimum absolute atomic E-state index is 0.0124. The molecule has 0 heterocycles. The maximum atomic E-state index is 14.0. The Morgan fingerprint density at radius 2 is 1.00 bits per heavy atom. The highest BCUT2D eigenvalue weighted by Crippen LogP contribution is 2.20. The van der Waals surface area contributed by atoms with Gasteiger partial charge in [0.2, 0.25) is 5.96 Å². The highest BCUT2D eigenvalue weighted by atomic mass is 16.6. The molecule has 1 rings (SSSR count). The molecule has 0 aliphatic carbocycles. The minimum Gasteiger partial charge on any atom is -0.444 e. The molecular weight excluding hydrogens is 821 g/mol. The zero-order valence-electron chi connectivity index (χ0n) is 41.6. The second-order valence-electron chi connectivity index (χ2n) is 20.5.